The molecule has 2 atom stereocenters. The Bertz CT molecular complexity index is 475. The number of hydrogen-bond donors (Lipinski definition) is 1. The summed E-state index contributed by atoms with van der Waals surface area (Å²) < 4.78 is 38.8. The first kappa shape index (κ1) is 10.5. The van der Waals surface area contributed by atoms with Gasteiger partial charge in [0.05, 0.1) is 0 Å². The zero-order valence-electron chi connectivity index (χ0n) is 8.14. The summed E-state index contributed by atoms with van der Waals surface area (Å²) in [7, 11) is -3.80. The fraction of sp³-hybridized carbons (Fsp3) is 0.444. The number of nitrogens with one attached hydrogen (secondary N) is 1. The molecule has 1 aliphatic carbocycles. The third kappa shape index (κ3) is 2.15. The van der Waals surface area contributed by atoms with Crippen molar-refractivity contribution in [1.82, 2.24) is 9.71 Å². The van der Waals surface area contributed by atoms with E-state index >= 15 is 0 Å². The van der Waals surface area contributed by atoms with Gasteiger partial charge in [-0.25, -0.2) is 22.5 Å². The minimum atomic E-state index is -3.80. The molecule has 0 aromatic carbocycles. The second-order valence-corrected chi connectivity index (χ2v) is 5.36. The predicted molar refractivity (Wildman–Crippen MR) is 52.1 cm³/mol. The van der Waals surface area contributed by atoms with Gasteiger partial charge < -0.3 is 0 Å². The van der Waals surface area contributed by atoms with E-state index in [0.29, 0.717) is 5.92 Å². The fourth-order valence-corrected chi connectivity index (χ4v) is 2.67. The van der Waals surface area contributed by atoms with Crippen molar-refractivity contribution in [2.75, 3.05) is 0 Å². The summed E-state index contributed by atoms with van der Waals surface area (Å²) in [6.45, 7) is 1.93. The molecule has 4 nitrogen and oxygen atoms in total. The summed E-state index contributed by atoms with van der Waals surface area (Å²) in [5.41, 5.74) is 0. The van der Waals surface area contributed by atoms with E-state index < -0.39 is 20.9 Å². The lowest BCUT2D eigenvalue weighted by atomic mass is 10.5. The minimum absolute atomic E-state index is 0.0728. The molecule has 2 unspecified atom stereocenters. The first-order chi connectivity index (χ1) is 7.00. The number of hydrogen-bond acceptors (Lipinski definition) is 3. The van der Waals surface area contributed by atoms with Crippen LogP contribution in [0.4, 0.5) is 4.39 Å². The van der Waals surface area contributed by atoms with Crippen molar-refractivity contribution in [3.05, 3.63) is 24.1 Å². The molecule has 1 heterocycles. The van der Waals surface area contributed by atoms with Gasteiger partial charge >= 0.3 is 0 Å². The molecule has 0 radical (unpaired) electrons. The van der Waals surface area contributed by atoms with E-state index in [9.17, 15) is 12.8 Å². The Labute approximate surface area is 87.6 Å². The molecule has 1 fully saturated rings. The average Bonchev–Trinajstić information content (AvgIpc) is 2.81. The second-order valence-electron chi connectivity index (χ2n) is 3.73. The zero-order valence-corrected chi connectivity index (χ0v) is 8.96. The van der Waals surface area contributed by atoms with E-state index in [-0.39, 0.29) is 6.04 Å². The Morgan fingerprint density at radius 3 is 2.80 bits per heavy atom. The molecule has 0 saturated heterocycles. The lowest BCUT2D eigenvalue weighted by Crippen LogP contribution is -2.28. The van der Waals surface area contributed by atoms with Crippen LogP contribution in [0.2, 0.25) is 0 Å². The van der Waals surface area contributed by atoms with Gasteiger partial charge in [0, 0.05) is 12.2 Å². The molecule has 6 heteroatoms. The van der Waals surface area contributed by atoms with Crippen molar-refractivity contribution in [3.8, 4) is 0 Å². The molecule has 1 aliphatic rings. The van der Waals surface area contributed by atoms with Gasteiger partial charge in [-0.3, -0.25) is 0 Å². The molecule has 1 aromatic rings. The zero-order chi connectivity index (χ0) is 11.1. The summed E-state index contributed by atoms with van der Waals surface area (Å²) in [4.78, 5) is 3.53. The molecule has 1 saturated carbocycles. The lowest BCUT2D eigenvalue weighted by Gasteiger charge is -2.05. The van der Waals surface area contributed by atoms with Gasteiger partial charge in [-0.15, -0.1) is 0 Å². The van der Waals surface area contributed by atoms with E-state index in [0.717, 1.165) is 12.5 Å². The lowest BCUT2D eigenvalue weighted by molar-refractivity contribution is 0.543. The van der Waals surface area contributed by atoms with Crippen molar-refractivity contribution in [1.29, 1.82) is 0 Å². The van der Waals surface area contributed by atoms with Crippen LogP contribution in [-0.4, -0.2) is 19.4 Å². The summed E-state index contributed by atoms with van der Waals surface area (Å²) >= 11 is 0. The molecule has 15 heavy (non-hydrogen) atoms. The standard InChI is InChI=1S/C9H11FN2O2S/c1-6-5-8(6)12-15(13,14)9-7(10)3-2-4-11-9/h2-4,6,8,12H,5H2,1H3. The molecule has 0 aliphatic heterocycles. The Kier molecular flexibility index (Phi) is 2.47. The Balaban J connectivity index is 2.26. The quantitative estimate of drug-likeness (QED) is 0.839. The molecular formula is C9H11FN2O2S. The maximum Gasteiger partial charge on any atom is 0.261 e. The number of halogens is 1. The van der Waals surface area contributed by atoms with Gasteiger partial charge in [0.1, 0.15) is 0 Å². The maximum absolute atomic E-state index is 13.2. The Hall–Kier alpha value is -1.01. The molecule has 1 N–H and O–H groups in total. The van der Waals surface area contributed by atoms with Crippen molar-refractivity contribution in [3.63, 3.8) is 0 Å². The minimum Gasteiger partial charge on any atom is -0.241 e. The normalized spacial score (nSPS) is 25.2. The number of sulfonamides is 1. The number of nitrogens with zero attached hydrogens (tertiary/aromatic N) is 1. The van der Waals surface area contributed by atoms with E-state index in [1.54, 1.807) is 0 Å². The summed E-state index contributed by atoms with van der Waals surface area (Å²) in [6, 6.07) is 2.36. The topological polar surface area (TPSA) is 59.1 Å². The third-order valence-electron chi connectivity index (χ3n) is 2.40. The predicted octanol–water partition coefficient (Wildman–Crippen LogP) is 0.907. The highest BCUT2D eigenvalue weighted by molar-refractivity contribution is 7.89. The van der Waals surface area contributed by atoms with Gasteiger partial charge in [-0.2, -0.15) is 0 Å². The smallest absolute Gasteiger partial charge is 0.241 e. The van der Waals surface area contributed by atoms with E-state index in [1.165, 1.54) is 12.3 Å². The molecule has 2 rings (SSSR count). The molecule has 0 amide bonds. The molecule has 0 spiro atoms. The van der Waals surface area contributed by atoms with Crippen LogP contribution in [0.25, 0.3) is 0 Å². The van der Waals surface area contributed by atoms with Crippen molar-refractivity contribution >= 4 is 10.0 Å². The molecular weight excluding hydrogens is 219 g/mol. The van der Waals surface area contributed by atoms with E-state index in [2.05, 4.69) is 9.71 Å². The van der Waals surface area contributed by atoms with Crippen LogP contribution in [-0.2, 0) is 10.0 Å². The molecule has 82 valence electrons. The largest absolute Gasteiger partial charge is 0.261 e. The van der Waals surface area contributed by atoms with Crippen LogP contribution in [0.1, 0.15) is 13.3 Å². The highest BCUT2D eigenvalue weighted by Gasteiger charge is 2.37. The van der Waals surface area contributed by atoms with Gasteiger partial charge in [0.2, 0.25) is 5.03 Å². The van der Waals surface area contributed by atoms with Crippen LogP contribution in [0.5, 0.6) is 0 Å². The number of rotatable bonds is 3. The van der Waals surface area contributed by atoms with Crippen molar-refractivity contribution in [2.45, 2.75) is 24.4 Å². The number of aromatic nitrogens is 1. The SMILES string of the molecule is CC1CC1NS(=O)(=O)c1ncccc1F. The van der Waals surface area contributed by atoms with Gasteiger partial charge in [-0.05, 0) is 24.5 Å². The first-order valence-electron chi connectivity index (χ1n) is 4.63. The van der Waals surface area contributed by atoms with Crippen LogP contribution < -0.4 is 4.72 Å². The fourth-order valence-electron chi connectivity index (χ4n) is 1.31. The van der Waals surface area contributed by atoms with Crippen LogP contribution in [0.15, 0.2) is 23.4 Å². The van der Waals surface area contributed by atoms with Gasteiger partial charge in [-0.1, -0.05) is 6.92 Å². The molecule has 1 aromatic heterocycles. The second kappa shape index (κ2) is 3.53. The van der Waals surface area contributed by atoms with Gasteiger partial charge in [0.25, 0.3) is 10.0 Å². The monoisotopic (exact) mass is 230 g/mol. The van der Waals surface area contributed by atoms with E-state index in [4.69, 9.17) is 0 Å². The highest BCUT2D eigenvalue weighted by Crippen LogP contribution is 2.30. The molecule has 0 bridgehead atoms. The summed E-state index contributed by atoms with van der Waals surface area (Å²) in [5.74, 6) is -0.496. The Morgan fingerprint density at radius 1 is 1.60 bits per heavy atom. The van der Waals surface area contributed by atoms with E-state index in [1.807, 2.05) is 6.92 Å². The van der Waals surface area contributed by atoms with Crippen LogP contribution >= 0.6 is 0 Å². The van der Waals surface area contributed by atoms with Crippen LogP contribution in [0, 0.1) is 11.7 Å². The average molecular weight is 230 g/mol. The first-order valence-corrected chi connectivity index (χ1v) is 6.12. The maximum atomic E-state index is 13.2. The van der Waals surface area contributed by atoms with Crippen LogP contribution in [0.3, 0.4) is 0 Å². The van der Waals surface area contributed by atoms with Gasteiger partial charge in [0.15, 0.2) is 5.82 Å². The Morgan fingerprint density at radius 2 is 2.27 bits per heavy atom. The van der Waals surface area contributed by atoms with Crippen molar-refractivity contribution < 1.29 is 12.8 Å². The summed E-state index contributed by atoms with van der Waals surface area (Å²) in [5, 5.41) is -0.524. The number of pyridine rings is 1. The highest BCUT2D eigenvalue weighted by atomic mass is 32.2. The van der Waals surface area contributed by atoms with Crippen molar-refractivity contribution in [2.24, 2.45) is 5.92 Å². The third-order valence-corrected chi connectivity index (χ3v) is 3.82. The summed E-state index contributed by atoms with van der Waals surface area (Å²) in [6.07, 6.45) is 2.06.